The van der Waals surface area contributed by atoms with Crippen LogP contribution in [0.4, 0.5) is 5.69 Å². The minimum absolute atomic E-state index is 0.0646. The van der Waals surface area contributed by atoms with Gasteiger partial charge in [-0.15, -0.1) is 0 Å². The maximum atomic E-state index is 12.2. The molecule has 9 nitrogen and oxygen atoms in total. The number of amides is 1. The molecule has 1 aromatic heterocycles. The van der Waals surface area contributed by atoms with Crippen molar-refractivity contribution in [2.75, 3.05) is 0 Å². The second-order valence-corrected chi connectivity index (χ2v) is 6.31. The summed E-state index contributed by atoms with van der Waals surface area (Å²) in [5.41, 5.74) is 3.98. The van der Waals surface area contributed by atoms with E-state index in [0.717, 1.165) is 0 Å². The number of carbonyl (C=O) groups is 2. The van der Waals surface area contributed by atoms with Gasteiger partial charge in [0.2, 0.25) is 0 Å². The van der Waals surface area contributed by atoms with Gasteiger partial charge in [-0.3, -0.25) is 14.9 Å². The van der Waals surface area contributed by atoms with E-state index in [0.29, 0.717) is 28.2 Å². The lowest BCUT2D eigenvalue weighted by molar-refractivity contribution is -0.385. The largest absolute Gasteiger partial charge is 0.469 e. The number of nitro groups is 1. The van der Waals surface area contributed by atoms with E-state index in [-0.39, 0.29) is 17.2 Å². The maximum absolute atomic E-state index is 12.2. The normalized spacial score (nSPS) is 10.7. The van der Waals surface area contributed by atoms with E-state index >= 15 is 0 Å². The molecule has 2 aromatic carbocycles. The molecule has 1 heterocycles. The van der Waals surface area contributed by atoms with Crippen LogP contribution in [0.5, 0.6) is 5.75 Å². The number of carbonyl (C=O) groups excluding carboxylic acids is 2. The number of benzene rings is 2. The average molecular weight is 407 g/mol. The molecule has 3 rings (SSSR count). The van der Waals surface area contributed by atoms with Crippen LogP contribution in [0.15, 0.2) is 64.3 Å². The van der Waals surface area contributed by atoms with Crippen molar-refractivity contribution in [3.8, 4) is 5.75 Å². The van der Waals surface area contributed by atoms with E-state index in [1.165, 1.54) is 30.7 Å². The third-order valence-corrected chi connectivity index (χ3v) is 4.20. The predicted molar refractivity (Wildman–Crippen MR) is 108 cm³/mol. The van der Waals surface area contributed by atoms with Crippen LogP contribution < -0.4 is 10.2 Å². The SMILES string of the molecule is Cc1cc(C(=O)Oc2ccc(/C=N/NC(=O)c3ccoc3C)cc2)ccc1[N+](=O)[O-]. The summed E-state index contributed by atoms with van der Waals surface area (Å²) in [5, 5.41) is 14.7. The van der Waals surface area contributed by atoms with Gasteiger partial charge in [-0.2, -0.15) is 5.10 Å². The predicted octanol–water partition coefficient (Wildman–Crippen LogP) is 3.79. The third kappa shape index (κ3) is 4.76. The first-order chi connectivity index (χ1) is 14.3. The minimum Gasteiger partial charge on any atom is -0.469 e. The van der Waals surface area contributed by atoms with Gasteiger partial charge in [0.15, 0.2) is 0 Å². The number of nitrogens with one attached hydrogen (secondary N) is 1. The zero-order valence-electron chi connectivity index (χ0n) is 16.1. The summed E-state index contributed by atoms with van der Waals surface area (Å²) in [5.74, 6) is -0.220. The monoisotopic (exact) mass is 407 g/mol. The Morgan fingerprint density at radius 1 is 1.13 bits per heavy atom. The summed E-state index contributed by atoms with van der Waals surface area (Å²) in [4.78, 5) is 34.5. The van der Waals surface area contributed by atoms with E-state index in [1.807, 2.05) is 0 Å². The van der Waals surface area contributed by atoms with Crippen molar-refractivity contribution < 1.29 is 23.7 Å². The molecule has 0 unspecified atom stereocenters. The number of hydrogen-bond acceptors (Lipinski definition) is 7. The molecule has 30 heavy (non-hydrogen) atoms. The minimum atomic E-state index is -0.628. The summed E-state index contributed by atoms with van der Waals surface area (Å²) in [6, 6.07) is 12.0. The molecule has 3 aromatic rings. The Morgan fingerprint density at radius 2 is 1.87 bits per heavy atom. The fourth-order valence-corrected chi connectivity index (χ4v) is 2.62. The molecule has 1 amide bonds. The van der Waals surface area contributed by atoms with Crippen molar-refractivity contribution in [2.45, 2.75) is 13.8 Å². The van der Waals surface area contributed by atoms with Crippen LogP contribution in [0, 0.1) is 24.0 Å². The van der Waals surface area contributed by atoms with Crippen molar-refractivity contribution >= 4 is 23.8 Å². The number of esters is 1. The molecule has 0 aliphatic heterocycles. The molecule has 0 saturated heterocycles. The summed E-state index contributed by atoms with van der Waals surface area (Å²) in [6.45, 7) is 3.23. The van der Waals surface area contributed by atoms with Crippen molar-refractivity contribution in [3.05, 3.63) is 92.9 Å². The van der Waals surface area contributed by atoms with Crippen LogP contribution in [0.2, 0.25) is 0 Å². The Morgan fingerprint density at radius 3 is 2.47 bits per heavy atom. The summed E-state index contributed by atoms with van der Waals surface area (Å²) >= 11 is 0. The molecule has 0 bridgehead atoms. The highest BCUT2D eigenvalue weighted by Crippen LogP contribution is 2.20. The number of furan rings is 1. The lowest BCUT2D eigenvalue weighted by atomic mass is 10.1. The molecule has 0 radical (unpaired) electrons. The standard InChI is InChI=1S/C21H17N3O6/c1-13-11-16(5-8-19(13)24(27)28)21(26)30-17-6-3-15(4-7-17)12-22-23-20(25)18-9-10-29-14(18)2/h3-12H,1-2H3,(H,23,25)/b22-12+. The van der Waals surface area contributed by atoms with Gasteiger partial charge in [0, 0.05) is 11.6 Å². The Hall–Kier alpha value is -4.27. The van der Waals surface area contributed by atoms with E-state index < -0.39 is 10.9 Å². The smallest absolute Gasteiger partial charge is 0.343 e. The number of hydrazone groups is 1. The zero-order valence-corrected chi connectivity index (χ0v) is 16.1. The van der Waals surface area contributed by atoms with Gasteiger partial charge < -0.3 is 9.15 Å². The highest BCUT2D eigenvalue weighted by molar-refractivity contribution is 5.95. The molecular formula is C21H17N3O6. The molecule has 0 saturated carbocycles. The molecule has 0 fully saturated rings. The van der Waals surface area contributed by atoms with Crippen LogP contribution in [-0.4, -0.2) is 23.0 Å². The van der Waals surface area contributed by atoms with E-state index in [9.17, 15) is 19.7 Å². The van der Waals surface area contributed by atoms with E-state index in [4.69, 9.17) is 9.15 Å². The fraction of sp³-hybridized carbons (Fsp3) is 0.0952. The van der Waals surface area contributed by atoms with Crippen molar-refractivity contribution in [2.24, 2.45) is 5.10 Å². The second-order valence-electron chi connectivity index (χ2n) is 6.31. The van der Waals surface area contributed by atoms with Crippen LogP contribution in [0.3, 0.4) is 0 Å². The molecule has 1 N–H and O–H groups in total. The van der Waals surface area contributed by atoms with Gasteiger partial charge in [-0.05, 0) is 61.9 Å². The summed E-state index contributed by atoms with van der Waals surface area (Å²) < 4.78 is 10.3. The van der Waals surface area contributed by atoms with Gasteiger partial charge in [0.05, 0.1) is 28.5 Å². The Labute approximate surface area is 171 Å². The van der Waals surface area contributed by atoms with Crippen LogP contribution in [0.1, 0.15) is 37.6 Å². The Kier molecular flexibility index (Phi) is 6.02. The zero-order chi connectivity index (χ0) is 21.7. The average Bonchev–Trinajstić information content (AvgIpc) is 3.15. The van der Waals surface area contributed by atoms with Crippen molar-refractivity contribution in [1.82, 2.24) is 5.43 Å². The summed E-state index contributed by atoms with van der Waals surface area (Å²) in [6.07, 6.45) is 2.87. The Balaban J connectivity index is 1.59. The number of ether oxygens (including phenoxy) is 1. The van der Waals surface area contributed by atoms with E-state index in [1.54, 1.807) is 44.2 Å². The molecule has 0 aliphatic rings. The van der Waals surface area contributed by atoms with Crippen LogP contribution in [0.25, 0.3) is 0 Å². The first-order valence-corrected chi connectivity index (χ1v) is 8.80. The topological polar surface area (TPSA) is 124 Å². The lowest BCUT2D eigenvalue weighted by Crippen LogP contribution is -2.17. The molecule has 152 valence electrons. The van der Waals surface area contributed by atoms with Gasteiger partial charge in [0.25, 0.3) is 11.6 Å². The lowest BCUT2D eigenvalue weighted by Gasteiger charge is -2.06. The maximum Gasteiger partial charge on any atom is 0.343 e. The summed E-state index contributed by atoms with van der Waals surface area (Å²) in [7, 11) is 0. The number of nitrogens with zero attached hydrogens (tertiary/aromatic N) is 2. The number of nitro benzene ring substituents is 1. The molecular weight excluding hydrogens is 390 g/mol. The van der Waals surface area contributed by atoms with Gasteiger partial charge in [-0.25, -0.2) is 10.2 Å². The highest BCUT2D eigenvalue weighted by atomic mass is 16.6. The highest BCUT2D eigenvalue weighted by Gasteiger charge is 2.15. The second kappa shape index (κ2) is 8.82. The molecule has 0 spiro atoms. The van der Waals surface area contributed by atoms with Gasteiger partial charge >= 0.3 is 5.97 Å². The van der Waals surface area contributed by atoms with E-state index in [2.05, 4.69) is 10.5 Å². The molecule has 0 aliphatic carbocycles. The van der Waals surface area contributed by atoms with Crippen LogP contribution >= 0.6 is 0 Å². The first kappa shape index (κ1) is 20.5. The Bertz CT molecular complexity index is 1130. The molecule has 0 atom stereocenters. The quantitative estimate of drug-likeness (QED) is 0.218. The van der Waals surface area contributed by atoms with Gasteiger partial charge in [-0.1, -0.05) is 0 Å². The third-order valence-electron chi connectivity index (χ3n) is 4.20. The number of rotatable bonds is 6. The fourth-order valence-electron chi connectivity index (χ4n) is 2.62. The van der Waals surface area contributed by atoms with Crippen LogP contribution in [-0.2, 0) is 0 Å². The number of aryl methyl sites for hydroxylation is 2. The van der Waals surface area contributed by atoms with Crippen molar-refractivity contribution in [1.29, 1.82) is 0 Å². The molecule has 9 heteroatoms. The van der Waals surface area contributed by atoms with Gasteiger partial charge in [0.1, 0.15) is 11.5 Å². The van der Waals surface area contributed by atoms with Crippen molar-refractivity contribution in [3.63, 3.8) is 0 Å². The number of hydrogen-bond donors (Lipinski definition) is 1. The first-order valence-electron chi connectivity index (χ1n) is 8.80.